The van der Waals surface area contributed by atoms with Gasteiger partial charge in [-0.25, -0.2) is 0 Å². The fourth-order valence-corrected chi connectivity index (χ4v) is 4.09. The SMILES string of the molecule is C[C@H](NC(=O)C[NH+]1CC[NH+](Cc2cccs2)CC1)c1ccccc1. The Hall–Kier alpha value is -1.69. The van der Waals surface area contributed by atoms with Crippen LogP contribution in [0, 0.1) is 0 Å². The van der Waals surface area contributed by atoms with E-state index in [2.05, 4.69) is 35.0 Å². The molecule has 1 aliphatic heterocycles. The van der Waals surface area contributed by atoms with Gasteiger partial charge in [-0.2, -0.15) is 0 Å². The minimum Gasteiger partial charge on any atom is -0.345 e. The van der Waals surface area contributed by atoms with Crippen LogP contribution in [0.1, 0.15) is 23.4 Å². The summed E-state index contributed by atoms with van der Waals surface area (Å²) in [6.07, 6.45) is 0. The minimum atomic E-state index is 0.0730. The normalized spacial score (nSPS) is 22.0. The maximum absolute atomic E-state index is 12.3. The molecule has 1 atom stereocenters. The molecule has 0 bridgehead atoms. The van der Waals surface area contributed by atoms with E-state index in [-0.39, 0.29) is 11.9 Å². The molecule has 1 saturated heterocycles. The number of nitrogens with one attached hydrogen (secondary N) is 3. The summed E-state index contributed by atoms with van der Waals surface area (Å²) >= 11 is 1.84. The molecule has 128 valence electrons. The fraction of sp³-hybridized carbons (Fsp3) is 0.421. The first-order valence-electron chi connectivity index (χ1n) is 8.74. The van der Waals surface area contributed by atoms with Gasteiger partial charge in [-0.15, -0.1) is 11.3 Å². The Morgan fingerprint density at radius 2 is 1.79 bits per heavy atom. The number of rotatable bonds is 6. The van der Waals surface area contributed by atoms with Crippen LogP contribution < -0.4 is 15.1 Å². The van der Waals surface area contributed by atoms with E-state index in [1.807, 2.05) is 36.5 Å². The molecule has 2 heterocycles. The van der Waals surface area contributed by atoms with Crippen LogP contribution in [-0.2, 0) is 11.3 Å². The molecule has 0 radical (unpaired) electrons. The van der Waals surface area contributed by atoms with E-state index in [1.54, 1.807) is 4.90 Å². The first-order chi connectivity index (χ1) is 11.7. The molecule has 1 fully saturated rings. The Bertz CT molecular complexity index is 621. The van der Waals surface area contributed by atoms with Crippen molar-refractivity contribution in [1.29, 1.82) is 0 Å². The lowest BCUT2D eigenvalue weighted by Gasteiger charge is -2.29. The Morgan fingerprint density at radius 3 is 2.46 bits per heavy atom. The zero-order valence-electron chi connectivity index (χ0n) is 14.3. The zero-order valence-corrected chi connectivity index (χ0v) is 15.1. The van der Waals surface area contributed by atoms with E-state index in [0.29, 0.717) is 6.54 Å². The molecule has 2 aromatic rings. The summed E-state index contributed by atoms with van der Waals surface area (Å²) in [6.45, 7) is 8.21. The summed E-state index contributed by atoms with van der Waals surface area (Å²) in [5.74, 6) is 0.156. The van der Waals surface area contributed by atoms with Gasteiger partial charge in [0.25, 0.3) is 5.91 Å². The highest BCUT2D eigenvalue weighted by molar-refractivity contribution is 7.09. The van der Waals surface area contributed by atoms with Gasteiger partial charge in [0.1, 0.15) is 32.7 Å². The third-order valence-electron chi connectivity index (χ3n) is 4.76. The van der Waals surface area contributed by atoms with E-state index in [4.69, 9.17) is 0 Å². The summed E-state index contributed by atoms with van der Waals surface area (Å²) in [5.41, 5.74) is 1.16. The summed E-state index contributed by atoms with van der Waals surface area (Å²) in [4.78, 5) is 16.8. The number of piperazine rings is 1. The average Bonchev–Trinajstić information content (AvgIpc) is 3.10. The highest BCUT2D eigenvalue weighted by Crippen LogP contribution is 2.10. The van der Waals surface area contributed by atoms with Crippen LogP contribution in [0.4, 0.5) is 0 Å². The molecule has 3 N–H and O–H groups in total. The van der Waals surface area contributed by atoms with Gasteiger partial charge in [0.05, 0.1) is 10.9 Å². The Kier molecular flexibility index (Phi) is 6.01. The number of hydrogen-bond donors (Lipinski definition) is 3. The first kappa shape index (κ1) is 17.1. The van der Waals surface area contributed by atoms with Crippen LogP contribution in [0.5, 0.6) is 0 Å². The quantitative estimate of drug-likeness (QED) is 0.673. The molecule has 0 unspecified atom stereocenters. The van der Waals surface area contributed by atoms with Crippen molar-refractivity contribution in [2.24, 2.45) is 0 Å². The van der Waals surface area contributed by atoms with E-state index >= 15 is 0 Å². The topological polar surface area (TPSA) is 38.0 Å². The lowest BCUT2D eigenvalue weighted by molar-refractivity contribution is -1.01. The smallest absolute Gasteiger partial charge is 0.275 e. The van der Waals surface area contributed by atoms with Crippen LogP contribution in [0.2, 0.25) is 0 Å². The molecule has 3 rings (SSSR count). The third kappa shape index (κ3) is 4.90. The average molecular weight is 346 g/mol. The Labute approximate surface area is 148 Å². The van der Waals surface area contributed by atoms with Crippen LogP contribution >= 0.6 is 11.3 Å². The van der Waals surface area contributed by atoms with Crippen molar-refractivity contribution >= 4 is 17.2 Å². The molecule has 24 heavy (non-hydrogen) atoms. The fourth-order valence-electron chi connectivity index (χ4n) is 3.31. The van der Waals surface area contributed by atoms with Gasteiger partial charge >= 0.3 is 0 Å². The number of amides is 1. The van der Waals surface area contributed by atoms with Crippen LogP contribution in [-0.4, -0.2) is 38.6 Å². The minimum absolute atomic E-state index is 0.0730. The molecule has 1 amide bonds. The molecule has 0 aliphatic carbocycles. The van der Waals surface area contributed by atoms with Crippen molar-refractivity contribution in [3.8, 4) is 0 Å². The van der Waals surface area contributed by atoms with Gasteiger partial charge in [0.2, 0.25) is 0 Å². The number of carbonyl (C=O) groups is 1. The van der Waals surface area contributed by atoms with Crippen molar-refractivity contribution in [3.05, 3.63) is 58.3 Å². The van der Waals surface area contributed by atoms with Gasteiger partial charge in [0, 0.05) is 0 Å². The molecule has 0 spiro atoms. The van der Waals surface area contributed by atoms with Crippen LogP contribution in [0.3, 0.4) is 0 Å². The van der Waals surface area contributed by atoms with Gasteiger partial charge < -0.3 is 15.1 Å². The van der Waals surface area contributed by atoms with Gasteiger partial charge in [-0.1, -0.05) is 36.4 Å². The van der Waals surface area contributed by atoms with Crippen molar-refractivity contribution in [2.75, 3.05) is 32.7 Å². The number of hydrogen-bond acceptors (Lipinski definition) is 2. The van der Waals surface area contributed by atoms with Crippen LogP contribution in [0.25, 0.3) is 0 Å². The van der Waals surface area contributed by atoms with E-state index < -0.39 is 0 Å². The summed E-state index contributed by atoms with van der Waals surface area (Å²) in [7, 11) is 0. The molecule has 4 nitrogen and oxygen atoms in total. The molecule has 1 aromatic heterocycles. The van der Waals surface area contributed by atoms with Crippen molar-refractivity contribution in [3.63, 3.8) is 0 Å². The second-order valence-electron chi connectivity index (χ2n) is 6.63. The van der Waals surface area contributed by atoms with E-state index in [1.165, 1.54) is 9.78 Å². The number of thiophene rings is 1. The lowest BCUT2D eigenvalue weighted by atomic mass is 10.1. The summed E-state index contributed by atoms with van der Waals surface area (Å²) in [6, 6.07) is 14.6. The molecule has 5 heteroatoms. The molecule has 1 aliphatic rings. The largest absolute Gasteiger partial charge is 0.345 e. The number of carbonyl (C=O) groups excluding carboxylic acids is 1. The highest BCUT2D eigenvalue weighted by Gasteiger charge is 2.25. The summed E-state index contributed by atoms with van der Waals surface area (Å²) < 4.78 is 0. The molecule has 1 aromatic carbocycles. The first-order valence-corrected chi connectivity index (χ1v) is 9.62. The highest BCUT2D eigenvalue weighted by atomic mass is 32.1. The third-order valence-corrected chi connectivity index (χ3v) is 5.63. The van der Waals surface area contributed by atoms with Gasteiger partial charge in [0.15, 0.2) is 6.54 Å². The summed E-state index contributed by atoms with van der Waals surface area (Å²) in [5, 5.41) is 5.27. The Morgan fingerprint density at radius 1 is 1.08 bits per heavy atom. The second-order valence-corrected chi connectivity index (χ2v) is 7.67. The number of quaternary nitrogens is 2. The van der Waals surface area contributed by atoms with E-state index in [9.17, 15) is 4.79 Å². The predicted molar refractivity (Wildman–Crippen MR) is 97.3 cm³/mol. The van der Waals surface area contributed by atoms with Crippen LogP contribution in [0.15, 0.2) is 47.8 Å². The molecular weight excluding hydrogens is 318 g/mol. The Balaban J connectivity index is 1.40. The number of benzene rings is 1. The van der Waals surface area contributed by atoms with Crippen molar-refractivity contribution in [2.45, 2.75) is 19.5 Å². The standard InChI is InChI=1S/C19H25N3OS/c1-16(17-6-3-2-4-7-17)20-19(23)15-22-11-9-21(10-12-22)14-18-8-5-13-24-18/h2-8,13,16H,9-12,14-15H2,1H3,(H,20,23)/p+2/t16-/m0/s1. The maximum atomic E-state index is 12.3. The van der Waals surface area contributed by atoms with Gasteiger partial charge in [-0.3, -0.25) is 4.79 Å². The van der Waals surface area contributed by atoms with Gasteiger partial charge in [-0.05, 0) is 23.9 Å². The van der Waals surface area contributed by atoms with Crippen molar-refractivity contribution < 1.29 is 14.6 Å². The maximum Gasteiger partial charge on any atom is 0.275 e. The monoisotopic (exact) mass is 345 g/mol. The molecular formula is C19H27N3OS+2. The van der Waals surface area contributed by atoms with E-state index in [0.717, 1.165) is 38.3 Å². The second kappa shape index (κ2) is 8.42. The predicted octanol–water partition coefficient (Wildman–Crippen LogP) is -0.0911. The zero-order chi connectivity index (χ0) is 16.8. The van der Waals surface area contributed by atoms with Crippen molar-refractivity contribution in [1.82, 2.24) is 5.32 Å². The molecule has 0 saturated carbocycles. The lowest BCUT2D eigenvalue weighted by Crippen LogP contribution is -3.28.